The lowest BCUT2D eigenvalue weighted by Gasteiger charge is -2.10. The van der Waals surface area contributed by atoms with Gasteiger partial charge in [-0.2, -0.15) is 10.2 Å². The van der Waals surface area contributed by atoms with Crippen molar-refractivity contribution in [2.24, 2.45) is 7.05 Å². The molecule has 0 aliphatic carbocycles. The molecular weight excluding hydrogens is 357 g/mol. The molecule has 0 saturated carbocycles. The minimum atomic E-state index is -0.432. The highest BCUT2D eigenvalue weighted by Crippen LogP contribution is 2.24. The molecule has 7 nitrogen and oxygen atoms in total. The molecule has 0 bridgehead atoms. The first-order valence-corrected chi connectivity index (χ1v) is 8.67. The average molecular weight is 375 g/mol. The summed E-state index contributed by atoms with van der Waals surface area (Å²) in [5.41, 5.74) is 3.48. The van der Waals surface area contributed by atoms with Crippen molar-refractivity contribution >= 4 is 16.7 Å². The van der Waals surface area contributed by atoms with Crippen LogP contribution in [0.2, 0.25) is 0 Å². The lowest BCUT2D eigenvalue weighted by molar-refractivity contribution is 0.616. The topological polar surface area (TPSA) is 96.2 Å². The van der Waals surface area contributed by atoms with Crippen molar-refractivity contribution in [3.8, 4) is 11.1 Å². The molecule has 4 aromatic rings. The maximum Gasteiger partial charge on any atom is 0.148 e. The summed E-state index contributed by atoms with van der Waals surface area (Å²) in [5, 5.41) is 25.3. The number of hydrogen-bond acceptors (Lipinski definition) is 5. The molecule has 4 rings (SSSR count). The second-order valence-corrected chi connectivity index (χ2v) is 6.66. The Morgan fingerprint density at radius 2 is 1.96 bits per heavy atom. The molecule has 0 fully saturated rings. The maximum atomic E-state index is 14.6. The van der Waals surface area contributed by atoms with Crippen molar-refractivity contribution in [3.05, 3.63) is 71.5 Å². The van der Waals surface area contributed by atoms with Gasteiger partial charge in [-0.05, 0) is 36.8 Å². The van der Waals surface area contributed by atoms with Crippen LogP contribution in [0, 0.1) is 23.6 Å². The molecular formula is C20H18FN7. The van der Waals surface area contributed by atoms with E-state index in [0.29, 0.717) is 16.8 Å². The minimum absolute atomic E-state index is 0.0197. The standard InChI is InChI=1S/C20H18FN7/c1-12-3-4-19(22)28(26-12)20(23)7-13-5-14-6-15(16-10-25-27(2)11-16)9-24-18(14)8-17(13)21/h3-6,8-11,22-23H,7H2,1-2H3. The van der Waals surface area contributed by atoms with E-state index in [9.17, 15) is 4.39 Å². The van der Waals surface area contributed by atoms with E-state index >= 15 is 0 Å². The van der Waals surface area contributed by atoms with E-state index in [1.807, 2.05) is 19.3 Å². The Kier molecular flexibility index (Phi) is 4.31. The van der Waals surface area contributed by atoms with Crippen molar-refractivity contribution in [2.45, 2.75) is 13.3 Å². The SMILES string of the molecule is Cc1ccc(=N)n(C(=N)Cc2cc3cc(-c4cnn(C)c4)cnc3cc2F)n1. The Labute approximate surface area is 160 Å². The molecule has 0 aliphatic rings. The summed E-state index contributed by atoms with van der Waals surface area (Å²) in [5.74, 6) is -0.401. The number of rotatable bonds is 3. The molecule has 0 saturated heterocycles. The van der Waals surface area contributed by atoms with Crippen molar-refractivity contribution < 1.29 is 4.39 Å². The zero-order chi connectivity index (χ0) is 19.8. The molecule has 2 N–H and O–H groups in total. The number of aromatic nitrogens is 5. The zero-order valence-corrected chi connectivity index (χ0v) is 15.4. The Balaban J connectivity index is 1.72. The number of halogens is 1. The van der Waals surface area contributed by atoms with Gasteiger partial charge in [0.25, 0.3) is 0 Å². The van der Waals surface area contributed by atoms with Crippen LogP contribution < -0.4 is 5.49 Å². The van der Waals surface area contributed by atoms with Gasteiger partial charge in [-0.25, -0.2) is 9.07 Å². The third-order valence-corrected chi connectivity index (χ3v) is 4.47. The summed E-state index contributed by atoms with van der Waals surface area (Å²) in [4.78, 5) is 4.35. The fraction of sp³-hybridized carbons (Fsp3) is 0.150. The monoisotopic (exact) mass is 375 g/mol. The van der Waals surface area contributed by atoms with Gasteiger partial charge in [0.2, 0.25) is 0 Å². The first-order chi connectivity index (χ1) is 13.4. The van der Waals surface area contributed by atoms with E-state index in [-0.39, 0.29) is 17.7 Å². The van der Waals surface area contributed by atoms with Gasteiger partial charge in [-0.1, -0.05) is 0 Å². The van der Waals surface area contributed by atoms with Crippen LogP contribution in [0.25, 0.3) is 22.0 Å². The molecule has 0 unspecified atom stereocenters. The van der Waals surface area contributed by atoms with Crippen LogP contribution in [0.5, 0.6) is 0 Å². The van der Waals surface area contributed by atoms with E-state index < -0.39 is 5.82 Å². The fourth-order valence-corrected chi connectivity index (χ4v) is 3.04. The number of aryl methyl sites for hydroxylation is 2. The second kappa shape index (κ2) is 6.80. The van der Waals surface area contributed by atoms with Gasteiger partial charge in [0, 0.05) is 48.4 Å². The molecule has 0 amide bonds. The molecule has 0 aliphatic heterocycles. The predicted octanol–water partition coefficient (Wildman–Crippen LogP) is 2.83. The van der Waals surface area contributed by atoms with E-state index in [0.717, 1.165) is 16.5 Å². The highest BCUT2D eigenvalue weighted by Gasteiger charge is 2.12. The van der Waals surface area contributed by atoms with Crippen LogP contribution in [-0.2, 0) is 13.5 Å². The summed E-state index contributed by atoms with van der Waals surface area (Å²) >= 11 is 0. The molecule has 8 heteroatoms. The van der Waals surface area contributed by atoms with Crippen LogP contribution in [0.1, 0.15) is 11.3 Å². The molecule has 3 aromatic heterocycles. The number of benzene rings is 1. The van der Waals surface area contributed by atoms with Gasteiger partial charge < -0.3 is 0 Å². The van der Waals surface area contributed by atoms with Crippen LogP contribution >= 0.6 is 0 Å². The van der Waals surface area contributed by atoms with Crippen molar-refractivity contribution in [3.63, 3.8) is 0 Å². The first-order valence-electron chi connectivity index (χ1n) is 8.67. The van der Waals surface area contributed by atoms with Gasteiger partial charge >= 0.3 is 0 Å². The summed E-state index contributed by atoms with van der Waals surface area (Å²) < 4.78 is 17.5. The smallest absolute Gasteiger partial charge is 0.148 e. The number of nitrogens with zero attached hydrogens (tertiary/aromatic N) is 5. The van der Waals surface area contributed by atoms with Gasteiger partial charge in [-0.15, -0.1) is 0 Å². The van der Waals surface area contributed by atoms with Crippen LogP contribution in [-0.4, -0.2) is 30.4 Å². The first kappa shape index (κ1) is 17.7. The Morgan fingerprint density at radius 1 is 1.14 bits per heavy atom. The molecule has 140 valence electrons. The highest BCUT2D eigenvalue weighted by atomic mass is 19.1. The molecule has 0 atom stereocenters. The Morgan fingerprint density at radius 3 is 2.71 bits per heavy atom. The second-order valence-electron chi connectivity index (χ2n) is 6.66. The van der Waals surface area contributed by atoms with Gasteiger partial charge in [0.1, 0.15) is 17.1 Å². The largest absolute Gasteiger partial charge is 0.286 e. The summed E-state index contributed by atoms with van der Waals surface area (Å²) in [7, 11) is 1.84. The van der Waals surface area contributed by atoms with E-state index in [4.69, 9.17) is 10.8 Å². The van der Waals surface area contributed by atoms with Crippen molar-refractivity contribution in [1.82, 2.24) is 24.5 Å². The highest BCUT2D eigenvalue weighted by molar-refractivity contribution is 5.87. The summed E-state index contributed by atoms with van der Waals surface area (Å²) in [6, 6.07) is 8.28. The third kappa shape index (κ3) is 3.32. The zero-order valence-electron chi connectivity index (χ0n) is 15.4. The maximum absolute atomic E-state index is 14.6. The Bertz CT molecular complexity index is 1270. The van der Waals surface area contributed by atoms with Crippen molar-refractivity contribution in [1.29, 1.82) is 10.8 Å². The quantitative estimate of drug-likeness (QED) is 0.426. The molecule has 0 spiro atoms. The van der Waals surface area contributed by atoms with E-state index in [1.165, 1.54) is 10.7 Å². The number of fused-ring (bicyclic) bond motifs is 1. The molecule has 3 heterocycles. The minimum Gasteiger partial charge on any atom is -0.286 e. The third-order valence-electron chi connectivity index (χ3n) is 4.47. The van der Waals surface area contributed by atoms with E-state index in [1.54, 1.807) is 42.2 Å². The van der Waals surface area contributed by atoms with Gasteiger partial charge in [0.15, 0.2) is 0 Å². The molecule has 28 heavy (non-hydrogen) atoms. The van der Waals surface area contributed by atoms with Gasteiger partial charge in [-0.3, -0.25) is 20.5 Å². The van der Waals surface area contributed by atoms with E-state index in [2.05, 4.69) is 15.2 Å². The number of hydrogen-bond donors (Lipinski definition) is 2. The van der Waals surface area contributed by atoms with Crippen LogP contribution in [0.3, 0.4) is 0 Å². The normalized spacial score (nSPS) is 11.1. The van der Waals surface area contributed by atoms with Crippen molar-refractivity contribution in [2.75, 3.05) is 0 Å². The molecule has 0 radical (unpaired) electrons. The predicted molar refractivity (Wildman–Crippen MR) is 104 cm³/mol. The van der Waals surface area contributed by atoms with Crippen LogP contribution in [0.15, 0.2) is 48.9 Å². The summed E-state index contributed by atoms with van der Waals surface area (Å²) in [6.45, 7) is 1.78. The lowest BCUT2D eigenvalue weighted by atomic mass is 10.0. The Hall–Kier alpha value is -3.68. The average Bonchev–Trinajstić information content (AvgIpc) is 3.10. The number of pyridine rings is 1. The number of nitrogens with one attached hydrogen (secondary N) is 2. The fourth-order valence-electron chi connectivity index (χ4n) is 3.04. The molecule has 1 aromatic carbocycles. The van der Waals surface area contributed by atoms with Gasteiger partial charge in [0.05, 0.1) is 17.4 Å². The summed E-state index contributed by atoms with van der Waals surface area (Å²) in [6.07, 6.45) is 5.35. The lowest BCUT2D eigenvalue weighted by Crippen LogP contribution is -2.30. The van der Waals surface area contributed by atoms with Crippen LogP contribution in [0.4, 0.5) is 4.39 Å².